The van der Waals surface area contributed by atoms with E-state index >= 15 is 0 Å². The first kappa shape index (κ1) is 14.1. The zero-order valence-electron chi connectivity index (χ0n) is 12.7. The molecule has 110 valence electrons. The summed E-state index contributed by atoms with van der Waals surface area (Å²) in [4.78, 5) is 4.65. The van der Waals surface area contributed by atoms with Crippen LogP contribution in [0.25, 0.3) is 10.9 Å². The number of ether oxygens (including phenoxy) is 1. The summed E-state index contributed by atoms with van der Waals surface area (Å²) in [6.45, 7) is 7.06. The minimum Gasteiger partial charge on any atom is -0.490 e. The van der Waals surface area contributed by atoms with E-state index in [1.54, 1.807) is 11.3 Å². The molecule has 0 saturated heterocycles. The highest BCUT2D eigenvalue weighted by atomic mass is 32.1. The minimum absolute atomic E-state index is 0.185. The molecule has 0 aliphatic carbocycles. The highest BCUT2D eigenvalue weighted by molar-refractivity contribution is 7.09. The van der Waals surface area contributed by atoms with Gasteiger partial charge in [0.05, 0.1) is 28.9 Å². The van der Waals surface area contributed by atoms with Gasteiger partial charge in [-0.3, -0.25) is 0 Å². The van der Waals surface area contributed by atoms with Gasteiger partial charge in [0, 0.05) is 17.0 Å². The molecule has 0 amide bonds. The summed E-state index contributed by atoms with van der Waals surface area (Å²) >= 11 is 1.74. The number of nitrogens with zero attached hydrogens (tertiary/aromatic N) is 2. The smallest absolute Gasteiger partial charge is 0.129 e. The largest absolute Gasteiger partial charge is 0.490 e. The Morgan fingerprint density at radius 3 is 2.86 bits per heavy atom. The molecule has 1 aromatic carbocycles. The molecule has 2 heterocycles. The Hall–Kier alpha value is -1.81. The van der Waals surface area contributed by atoms with E-state index in [0.717, 1.165) is 29.8 Å². The quantitative estimate of drug-likeness (QED) is 0.694. The van der Waals surface area contributed by atoms with E-state index in [-0.39, 0.29) is 6.10 Å². The zero-order chi connectivity index (χ0) is 14.8. The van der Waals surface area contributed by atoms with E-state index in [1.807, 2.05) is 6.07 Å². The number of aromatic nitrogens is 2. The average Bonchev–Trinajstić information content (AvgIpc) is 3.07. The van der Waals surface area contributed by atoms with Crippen molar-refractivity contribution >= 4 is 22.2 Å². The van der Waals surface area contributed by atoms with Gasteiger partial charge in [-0.05, 0) is 38.5 Å². The van der Waals surface area contributed by atoms with Crippen LogP contribution in [0.3, 0.4) is 0 Å². The van der Waals surface area contributed by atoms with Crippen LogP contribution in [0.5, 0.6) is 5.75 Å². The summed E-state index contributed by atoms with van der Waals surface area (Å²) in [6.07, 6.45) is 3.30. The molecule has 0 aliphatic heterocycles. The lowest BCUT2D eigenvalue weighted by atomic mass is 10.2. The van der Waals surface area contributed by atoms with E-state index in [1.165, 1.54) is 10.5 Å². The molecule has 21 heavy (non-hydrogen) atoms. The predicted octanol–water partition coefficient (Wildman–Crippen LogP) is 4.50. The second-order valence-corrected chi connectivity index (χ2v) is 6.33. The van der Waals surface area contributed by atoms with Crippen LogP contribution in [0.1, 0.15) is 31.5 Å². The van der Waals surface area contributed by atoms with Gasteiger partial charge in [-0.15, -0.1) is 11.3 Å². The van der Waals surface area contributed by atoms with Crippen molar-refractivity contribution < 1.29 is 4.74 Å². The monoisotopic (exact) mass is 300 g/mol. The van der Waals surface area contributed by atoms with Gasteiger partial charge in [0.2, 0.25) is 0 Å². The van der Waals surface area contributed by atoms with Crippen molar-refractivity contribution in [2.45, 2.75) is 39.8 Å². The molecule has 2 aromatic heterocycles. The Bertz CT molecular complexity index is 742. The number of rotatable bonds is 5. The van der Waals surface area contributed by atoms with Crippen LogP contribution in [0.15, 0.2) is 35.8 Å². The number of fused-ring (bicyclic) bond motifs is 1. The number of thiazole rings is 1. The van der Waals surface area contributed by atoms with Crippen LogP contribution >= 0.6 is 11.3 Å². The lowest BCUT2D eigenvalue weighted by Gasteiger charge is -2.11. The van der Waals surface area contributed by atoms with Crippen molar-refractivity contribution in [3.05, 3.63) is 46.5 Å². The maximum atomic E-state index is 5.89. The summed E-state index contributed by atoms with van der Waals surface area (Å²) in [5, 5.41) is 4.52. The SMILES string of the molecule is CCc1nc(Cn2ccc3c(OC(C)C)cccc32)cs1. The van der Waals surface area contributed by atoms with Crippen LogP contribution in [-0.4, -0.2) is 15.7 Å². The second kappa shape index (κ2) is 5.90. The van der Waals surface area contributed by atoms with Crippen LogP contribution < -0.4 is 4.74 Å². The number of hydrogen-bond donors (Lipinski definition) is 0. The summed E-state index contributed by atoms with van der Waals surface area (Å²) in [5.41, 5.74) is 2.32. The first-order chi connectivity index (χ1) is 10.2. The van der Waals surface area contributed by atoms with Crippen molar-refractivity contribution in [2.24, 2.45) is 0 Å². The second-order valence-electron chi connectivity index (χ2n) is 5.39. The summed E-state index contributed by atoms with van der Waals surface area (Å²) < 4.78 is 8.12. The maximum absolute atomic E-state index is 5.89. The maximum Gasteiger partial charge on any atom is 0.129 e. The highest BCUT2D eigenvalue weighted by Gasteiger charge is 2.09. The summed E-state index contributed by atoms with van der Waals surface area (Å²) in [5.74, 6) is 0.953. The first-order valence-electron chi connectivity index (χ1n) is 7.35. The van der Waals surface area contributed by atoms with E-state index in [9.17, 15) is 0 Å². The molecule has 0 saturated carbocycles. The Morgan fingerprint density at radius 1 is 1.29 bits per heavy atom. The third kappa shape index (κ3) is 2.95. The highest BCUT2D eigenvalue weighted by Crippen LogP contribution is 2.28. The molecule has 3 nitrogen and oxygen atoms in total. The number of aryl methyl sites for hydroxylation is 1. The Kier molecular flexibility index (Phi) is 3.97. The first-order valence-corrected chi connectivity index (χ1v) is 8.23. The van der Waals surface area contributed by atoms with Crippen LogP contribution in [0.4, 0.5) is 0 Å². The predicted molar refractivity (Wildman–Crippen MR) is 88.3 cm³/mol. The van der Waals surface area contributed by atoms with E-state index in [4.69, 9.17) is 4.74 Å². The van der Waals surface area contributed by atoms with Gasteiger partial charge in [-0.25, -0.2) is 4.98 Å². The Morgan fingerprint density at radius 2 is 2.14 bits per heavy atom. The fraction of sp³-hybridized carbons (Fsp3) is 0.353. The van der Waals surface area contributed by atoms with Gasteiger partial charge in [-0.2, -0.15) is 0 Å². The Labute approximate surface area is 129 Å². The van der Waals surface area contributed by atoms with Gasteiger partial charge in [0.25, 0.3) is 0 Å². The van der Waals surface area contributed by atoms with Crippen molar-refractivity contribution in [3.63, 3.8) is 0 Å². The fourth-order valence-electron chi connectivity index (χ4n) is 2.45. The molecule has 0 bridgehead atoms. The molecule has 0 radical (unpaired) electrons. The third-order valence-electron chi connectivity index (χ3n) is 3.37. The molecule has 0 spiro atoms. The Balaban J connectivity index is 1.93. The van der Waals surface area contributed by atoms with Crippen molar-refractivity contribution in [3.8, 4) is 5.75 Å². The normalized spacial score (nSPS) is 11.4. The van der Waals surface area contributed by atoms with Gasteiger partial charge in [0.1, 0.15) is 5.75 Å². The van der Waals surface area contributed by atoms with Gasteiger partial charge < -0.3 is 9.30 Å². The molecule has 0 N–H and O–H groups in total. The molecule has 0 unspecified atom stereocenters. The van der Waals surface area contributed by atoms with E-state index in [0.29, 0.717) is 0 Å². The summed E-state index contributed by atoms with van der Waals surface area (Å²) in [6, 6.07) is 8.34. The van der Waals surface area contributed by atoms with Gasteiger partial charge in [-0.1, -0.05) is 13.0 Å². The molecule has 3 rings (SSSR count). The van der Waals surface area contributed by atoms with Crippen LogP contribution in [0.2, 0.25) is 0 Å². The van der Waals surface area contributed by atoms with Crippen molar-refractivity contribution in [1.82, 2.24) is 9.55 Å². The molecule has 0 atom stereocenters. The molecular weight excluding hydrogens is 280 g/mol. The number of benzene rings is 1. The van der Waals surface area contributed by atoms with Gasteiger partial charge >= 0.3 is 0 Å². The zero-order valence-corrected chi connectivity index (χ0v) is 13.5. The number of hydrogen-bond acceptors (Lipinski definition) is 3. The van der Waals surface area contributed by atoms with Crippen LogP contribution in [0, 0.1) is 0 Å². The van der Waals surface area contributed by atoms with Crippen molar-refractivity contribution in [1.29, 1.82) is 0 Å². The average molecular weight is 300 g/mol. The van der Waals surface area contributed by atoms with Gasteiger partial charge in [0.15, 0.2) is 0 Å². The van der Waals surface area contributed by atoms with E-state index < -0.39 is 0 Å². The van der Waals surface area contributed by atoms with E-state index in [2.05, 4.69) is 60.1 Å². The summed E-state index contributed by atoms with van der Waals surface area (Å²) in [7, 11) is 0. The standard InChI is InChI=1S/C17H20N2OS/c1-4-17-18-13(11-21-17)10-19-9-8-14-15(19)6-5-7-16(14)20-12(2)3/h5-9,11-12H,4,10H2,1-3H3. The molecule has 4 heteroatoms. The lowest BCUT2D eigenvalue weighted by molar-refractivity contribution is 0.245. The topological polar surface area (TPSA) is 27.1 Å². The molecule has 0 aliphatic rings. The molecule has 0 fully saturated rings. The fourth-order valence-corrected chi connectivity index (χ4v) is 3.18. The third-order valence-corrected chi connectivity index (χ3v) is 4.41. The van der Waals surface area contributed by atoms with Crippen LogP contribution in [-0.2, 0) is 13.0 Å². The minimum atomic E-state index is 0.185. The molecule has 3 aromatic rings. The lowest BCUT2D eigenvalue weighted by Crippen LogP contribution is -2.05. The van der Waals surface area contributed by atoms with Crippen molar-refractivity contribution in [2.75, 3.05) is 0 Å². The molecular formula is C17H20N2OS.